The van der Waals surface area contributed by atoms with E-state index in [4.69, 9.17) is 33.7 Å². The molecule has 2 rings (SSSR count). The third kappa shape index (κ3) is 4.00. The number of hydrogen-bond acceptors (Lipinski definition) is 3. The minimum absolute atomic E-state index is 0.0676. The van der Waals surface area contributed by atoms with Gasteiger partial charge in [-0.3, -0.25) is 4.79 Å². The third-order valence-corrected chi connectivity index (χ3v) is 3.58. The van der Waals surface area contributed by atoms with Crippen LogP contribution in [0.1, 0.15) is 12.8 Å². The van der Waals surface area contributed by atoms with Crippen molar-refractivity contribution >= 4 is 29.1 Å². The Hall–Kier alpha value is -0.970. The van der Waals surface area contributed by atoms with E-state index >= 15 is 0 Å². The molecule has 1 aliphatic rings. The maximum atomic E-state index is 11.9. The smallest absolute Gasteiger partial charge is 0.226 e. The molecule has 0 saturated carbocycles. The van der Waals surface area contributed by atoms with Gasteiger partial charge < -0.3 is 15.4 Å². The molecule has 0 radical (unpaired) electrons. The summed E-state index contributed by atoms with van der Waals surface area (Å²) >= 11 is 11.8. The fourth-order valence-corrected chi connectivity index (χ4v) is 2.48. The van der Waals surface area contributed by atoms with Gasteiger partial charge in [-0.15, -0.1) is 0 Å². The molecule has 1 aliphatic heterocycles. The summed E-state index contributed by atoms with van der Waals surface area (Å²) in [6.45, 7) is 1.67. The summed E-state index contributed by atoms with van der Waals surface area (Å²) in [5.74, 6) is 0.607. The van der Waals surface area contributed by atoms with Gasteiger partial charge in [0, 0.05) is 24.2 Å². The van der Waals surface area contributed by atoms with Crippen LogP contribution in [-0.2, 0) is 4.79 Å². The van der Waals surface area contributed by atoms with Gasteiger partial charge in [0.15, 0.2) is 0 Å². The molecule has 4 nitrogen and oxygen atoms in total. The van der Waals surface area contributed by atoms with Gasteiger partial charge in [-0.2, -0.15) is 0 Å². The lowest BCUT2D eigenvalue weighted by Gasteiger charge is -2.16. The first kappa shape index (κ1) is 14.4. The van der Waals surface area contributed by atoms with Crippen LogP contribution < -0.4 is 10.5 Å². The molecule has 0 aliphatic carbocycles. The molecule has 104 valence electrons. The highest BCUT2D eigenvalue weighted by Crippen LogP contribution is 2.27. The first-order valence-electron chi connectivity index (χ1n) is 6.17. The second-order valence-electron chi connectivity index (χ2n) is 4.56. The zero-order valence-electron chi connectivity index (χ0n) is 10.4. The van der Waals surface area contributed by atoms with Crippen LogP contribution in [0, 0.1) is 0 Å². The van der Waals surface area contributed by atoms with Crippen molar-refractivity contribution in [1.29, 1.82) is 0 Å². The van der Waals surface area contributed by atoms with Crippen molar-refractivity contribution in [2.45, 2.75) is 18.9 Å². The van der Waals surface area contributed by atoms with Gasteiger partial charge in [0.25, 0.3) is 0 Å². The number of benzene rings is 1. The molecule has 1 fully saturated rings. The van der Waals surface area contributed by atoms with Crippen LogP contribution in [0.2, 0.25) is 10.0 Å². The highest BCUT2D eigenvalue weighted by molar-refractivity contribution is 6.35. The Bertz CT molecular complexity index is 468. The number of ether oxygens (including phenoxy) is 1. The van der Waals surface area contributed by atoms with Crippen molar-refractivity contribution < 1.29 is 9.53 Å². The number of amides is 1. The number of hydrogen-bond donors (Lipinski definition) is 1. The van der Waals surface area contributed by atoms with E-state index in [1.807, 2.05) is 0 Å². The lowest BCUT2D eigenvalue weighted by molar-refractivity contribution is -0.130. The van der Waals surface area contributed by atoms with Gasteiger partial charge in [-0.05, 0) is 24.6 Å². The monoisotopic (exact) mass is 302 g/mol. The van der Waals surface area contributed by atoms with Crippen LogP contribution in [0.4, 0.5) is 0 Å². The highest BCUT2D eigenvalue weighted by atomic mass is 35.5. The maximum Gasteiger partial charge on any atom is 0.226 e. The van der Waals surface area contributed by atoms with Crippen molar-refractivity contribution in [1.82, 2.24) is 4.90 Å². The predicted octanol–water partition coefficient (Wildman–Crippen LogP) is 2.32. The molecule has 1 amide bonds. The molecule has 0 spiro atoms. The van der Waals surface area contributed by atoms with E-state index in [9.17, 15) is 4.79 Å². The van der Waals surface area contributed by atoms with E-state index in [0.29, 0.717) is 35.4 Å². The van der Waals surface area contributed by atoms with Gasteiger partial charge in [-0.1, -0.05) is 23.2 Å². The molecule has 2 N–H and O–H groups in total. The Morgan fingerprint density at radius 2 is 2.26 bits per heavy atom. The van der Waals surface area contributed by atoms with Crippen molar-refractivity contribution in [3.05, 3.63) is 28.2 Å². The summed E-state index contributed by atoms with van der Waals surface area (Å²) in [7, 11) is 0. The van der Waals surface area contributed by atoms with Crippen LogP contribution in [0.3, 0.4) is 0 Å². The molecule has 1 aromatic rings. The first-order valence-corrected chi connectivity index (χ1v) is 6.93. The normalized spacial score (nSPS) is 18.7. The minimum Gasteiger partial charge on any atom is -0.491 e. The summed E-state index contributed by atoms with van der Waals surface area (Å²) in [6.07, 6.45) is 1.20. The lowest BCUT2D eigenvalue weighted by atomic mass is 10.3. The number of rotatable bonds is 4. The average molecular weight is 303 g/mol. The second kappa shape index (κ2) is 6.46. The molecule has 19 heavy (non-hydrogen) atoms. The SMILES string of the molecule is NC1CCN(C(=O)CCOc2ccc(Cl)cc2Cl)C1. The zero-order chi connectivity index (χ0) is 13.8. The quantitative estimate of drug-likeness (QED) is 0.928. The molecule has 1 unspecified atom stereocenters. The van der Waals surface area contributed by atoms with E-state index in [0.717, 1.165) is 13.0 Å². The molecule has 0 bridgehead atoms. The van der Waals surface area contributed by atoms with E-state index < -0.39 is 0 Å². The predicted molar refractivity (Wildman–Crippen MR) is 75.7 cm³/mol. The van der Waals surface area contributed by atoms with Gasteiger partial charge >= 0.3 is 0 Å². The summed E-state index contributed by atoms with van der Waals surface area (Å²) in [5.41, 5.74) is 5.76. The van der Waals surface area contributed by atoms with Gasteiger partial charge in [-0.25, -0.2) is 0 Å². The summed E-state index contributed by atoms with van der Waals surface area (Å²) < 4.78 is 5.48. The fourth-order valence-electron chi connectivity index (χ4n) is 2.01. The van der Waals surface area contributed by atoms with Crippen molar-refractivity contribution in [2.24, 2.45) is 5.73 Å². The number of halogens is 2. The van der Waals surface area contributed by atoms with Crippen LogP contribution in [0.15, 0.2) is 18.2 Å². The Balaban J connectivity index is 1.78. The van der Waals surface area contributed by atoms with Crippen LogP contribution in [-0.4, -0.2) is 36.5 Å². The third-order valence-electron chi connectivity index (χ3n) is 3.04. The topological polar surface area (TPSA) is 55.6 Å². The molecular weight excluding hydrogens is 287 g/mol. The second-order valence-corrected chi connectivity index (χ2v) is 5.41. The molecule has 1 saturated heterocycles. The lowest BCUT2D eigenvalue weighted by Crippen LogP contribution is -2.32. The van der Waals surface area contributed by atoms with Crippen molar-refractivity contribution in [3.63, 3.8) is 0 Å². The van der Waals surface area contributed by atoms with Crippen LogP contribution in [0.5, 0.6) is 5.75 Å². The Morgan fingerprint density at radius 3 is 2.89 bits per heavy atom. The molecule has 1 heterocycles. The van der Waals surface area contributed by atoms with E-state index in [2.05, 4.69) is 0 Å². The molecule has 0 aromatic heterocycles. The van der Waals surface area contributed by atoms with Crippen molar-refractivity contribution in [3.8, 4) is 5.75 Å². The van der Waals surface area contributed by atoms with Crippen molar-refractivity contribution in [2.75, 3.05) is 19.7 Å². The maximum absolute atomic E-state index is 11.9. The standard InChI is InChI=1S/C13H16Cl2N2O2/c14-9-1-2-12(11(15)7-9)19-6-4-13(18)17-5-3-10(16)8-17/h1-2,7,10H,3-6,8,16H2. The number of likely N-dealkylation sites (tertiary alicyclic amines) is 1. The highest BCUT2D eigenvalue weighted by Gasteiger charge is 2.23. The summed E-state index contributed by atoms with van der Waals surface area (Å²) in [6, 6.07) is 5.11. The number of nitrogens with zero attached hydrogens (tertiary/aromatic N) is 1. The van der Waals surface area contributed by atoms with Gasteiger partial charge in [0.05, 0.1) is 18.1 Å². The Kier molecular flexibility index (Phi) is 4.91. The Morgan fingerprint density at radius 1 is 1.47 bits per heavy atom. The number of carbonyl (C=O) groups is 1. The molecule has 1 aromatic carbocycles. The van der Waals surface area contributed by atoms with E-state index in [-0.39, 0.29) is 11.9 Å². The van der Waals surface area contributed by atoms with E-state index in [1.54, 1.807) is 23.1 Å². The van der Waals surface area contributed by atoms with E-state index in [1.165, 1.54) is 0 Å². The number of carbonyl (C=O) groups excluding carboxylic acids is 1. The fraction of sp³-hybridized carbons (Fsp3) is 0.462. The summed E-state index contributed by atoms with van der Waals surface area (Å²) in [5, 5.41) is 1.00. The van der Waals surface area contributed by atoms with Crippen LogP contribution >= 0.6 is 23.2 Å². The van der Waals surface area contributed by atoms with Crippen LogP contribution in [0.25, 0.3) is 0 Å². The first-order chi connectivity index (χ1) is 9.06. The minimum atomic E-state index is 0.0676. The number of nitrogens with two attached hydrogens (primary N) is 1. The van der Waals surface area contributed by atoms with Gasteiger partial charge in [0.2, 0.25) is 5.91 Å². The molecule has 1 atom stereocenters. The van der Waals surface area contributed by atoms with Gasteiger partial charge in [0.1, 0.15) is 5.75 Å². The summed E-state index contributed by atoms with van der Waals surface area (Å²) in [4.78, 5) is 13.6. The zero-order valence-corrected chi connectivity index (χ0v) is 12.0. The average Bonchev–Trinajstić information content (AvgIpc) is 2.78. The molecule has 6 heteroatoms. The largest absolute Gasteiger partial charge is 0.491 e. The molecular formula is C13H16Cl2N2O2. The Labute approximate surface area is 122 Å².